The summed E-state index contributed by atoms with van der Waals surface area (Å²) < 4.78 is 4.76. The van der Waals surface area contributed by atoms with Crippen LogP contribution in [0.4, 0.5) is 0 Å². The average molecular weight is 221 g/mol. The fourth-order valence-electron chi connectivity index (χ4n) is 0.844. The van der Waals surface area contributed by atoms with Gasteiger partial charge in [0.2, 0.25) is 0 Å². The normalized spacial score (nSPS) is 12.5. The molecular formula is C9H19NO3S. The molecule has 4 nitrogen and oxygen atoms in total. The minimum absolute atomic E-state index is 0.227. The summed E-state index contributed by atoms with van der Waals surface area (Å²) in [4.78, 5) is 11.1. The third kappa shape index (κ3) is 7.17. The minimum atomic E-state index is -0.519. The zero-order valence-corrected chi connectivity index (χ0v) is 9.39. The monoisotopic (exact) mass is 221 g/mol. The molecule has 0 spiro atoms. The Labute approximate surface area is 89.2 Å². The van der Waals surface area contributed by atoms with Crippen molar-refractivity contribution in [3.63, 3.8) is 0 Å². The second kappa shape index (κ2) is 9.30. The molecule has 0 radical (unpaired) electrons. The van der Waals surface area contributed by atoms with Crippen LogP contribution < -0.4 is 5.73 Å². The summed E-state index contributed by atoms with van der Waals surface area (Å²) in [6.07, 6.45) is 1.76. The third-order valence-electron chi connectivity index (χ3n) is 1.58. The van der Waals surface area contributed by atoms with Crippen molar-refractivity contribution < 1.29 is 14.6 Å². The maximum absolute atomic E-state index is 11.1. The maximum Gasteiger partial charge on any atom is 0.323 e. The van der Waals surface area contributed by atoms with Gasteiger partial charge in [-0.15, -0.1) is 0 Å². The van der Waals surface area contributed by atoms with Crippen molar-refractivity contribution in [2.24, 2.45) is 5.73 Å². The van der Waals surface area contributed by atoms with E-state index in [0.29, 0.717) is 12.4 Å². The van der Waals surface area contributed by atoms with Gasteiger partial charge in [-0.3, -0.25) is 4.79 Å². The van der Waals surface area contributed by atoms with Gasteiger partial charge in [0, 0.05) is 12.4 Å². The van der Waals surface area contributed by atoms with Crippen molar-refractivity contribution in [2.45, 2.75) is 25.8 Å². The van der Waals surface area contributed by atoms with Crippen LogP contribution in [0.3, 0.4) is 0 Å². The molecule has 5 heteroatoms. The minimum Gasteiger partial charge on any atom is -0.465 e. The highest BCUT2D eigenvalue weighted by atomic mass is 32.2. The number of aliphatic hydroxyl groups excluding tert-OH is 1. The number of ether oxygens (including phenoxy) is 1. The predicted molar refractivity (Wildman–Crippen MR) is 58.3 cm³/mol. The molecule has 0 rings (SSSR count). The largest absolute Gasteiger partial charge is 0.465 e. The van der Waals surface area contributed by atoms with E-state index in [9.17, 15) is 4.79 Å². The first-order valence-electron chi connectivity index (χ1n) is 4.83. The Morgan fingerprint density at radius 2 is 2.29 bits per heavy atom. The molecule has 14 heavy (non-hydrogen) atoms. The molecule has 0 amide bonds. The van der Waals surface area contributed by atoms with E-state index in [4.69, 9.17) is 15.6 Å². The lowest BCUT2D eigenvalue weighted by atomic mass is 10.4. The van der Waals surface area contributed by atoms with Gasteiger partial charge in [-0.2, -0.15) is 11.8 Å². The number of hydrogen-bond acceptors (Lipinski definition) is 5. The molecule has 0 saturated carbocycles. The van der Waals surface area contributed by atoms with Gasteiger partial charge in [-0.1, -0.05) is 0 Å². The summed E-state index contributed by atoms with van der Waals surface area (Å²) in [5.74, 6) is 1.18. The fourth-order valence-corrected chi connectivity index (χ4v) is 1.81. The van der Waals surface area contributed by atoms with Crippen molar-refractivity contribution >= 4 is 17.7 Å². The molecule has 3 N–H and O–H groups in total. The van der Waals surface area contributed by atoms with E-state index in [1.165, 1.54) is 0 Å². The molecule has 0 bridgehead atoms. The van der Waals surface area contributed by atoms with Crippen molar-refractivity contribution in [1.82, 2.24) is 0 Å². The number of aliphatic hydroxyl groups is 1. The van der Waals surface area contributed by atoms with Crippen LogP contribution in [0, 0.1) is 0 Å². The molecular weight excluding hydrogens is 202 g/mol. The molecule has 0 aliphatic carbocycles. The van der Waals surface area contributed by atoms with Crippen LogP contribution >= 0.6 is 11.8 Å². The standard InChI is InChI=1S/C9H19NO3S/c1-2-13-9(12)8(10)7-14-6-4-3-5-11/h8,11H,2-7,10H2,1H3. The van der Waals surface area contributed by atoms with E-state index in [0.717, 1.165) is 18.6 Å². The Morgan fingerprint density at radius 3 is 2.86 bits per heavy atom. The molecule has 1 atom stereocenters. The first-order chi connectivity index (χ1) is 6.72. The molecule has 1 unspecified atom stereocenters. The summed E-state index contributed by atoms with van der Waals surface area (Å²) in [6, 6.07) is -0.519. The molecule has 84 valence electrons. The van der Waals surface area contributed by atoms with Crippen LogP contribution in [0.25, 0.3) is 0 Å². The predicted octanol–water partition coefficient (Wildman–Crippen LogP) is 0.382. The Balaban J connectivity index is 3.34. The molecule has 0 fully saturated rings. The van der Waals surface area contributed by atoms with E-state index in [2.05, 4.69) is 0 Å². The lowest BCUT2D eigenvalue weighted by Crippen LogP contribution is -2.34. The van der Waals surface area contributed by atoms with Crippen LogP contribution in [0.1, 0.15) is 19.8 Å². The van der Waals surface area contributed by atoms with Crippen LogP contribution in [0.15, 0.2) is 0 Å². The van der Waals surface area contributed by atoms with E-state index >= 15 is 0 Å². The van der Waals surface area contributed by atoms with Gasteiger partial charge in [0.15, 0.2) is 0 Å². The second-order valence-corrected chi connectivity index (χ2v) is 4.01. The molecule has 0 aromatic heterocycles. The number of thioether (sulfide) groups is 1. The Bertz CT molecular complexity index is 155. The highest BCUT2D eigenvalue weighted by molar-refractivity contribution is 7.99. The van der Waals surface area contributed by atoms with Gasteiger partial charge in [0.25, 0.3) is 0 Å². The van der Waals surface area contributed by atoms with Gasteiger partial charge in [0.05, 0.1) is 6.61 Å². The highest BCUT2D eigenvalue weighted by Gasteiger charge is 2.13. The quantitative estimate of drug-likeness (QED) is 0.458. The van der Waals surface area contributed by atoms with Crippen LogP contribution in [-0.4, -0.2) is 41.8 Å². The number of rotatable bonds is 8. The number of carbonyl (C=O) groups excluding carboxylic acids is 1. The highest BCUT2D eigenvalue weighted by Crippen LogP contribution is 2.06. The third-order valence-corrected chi connectivity index (χ3v) is 2.76. The first-order valence-corrected chi connectivity index (χ1v) is 5.98. The number of carbonyl (C=O) groups is 1. The van der Waals surface area contributed by atoms with E-state index in [1.807, 2.05) is 0 Å². The molecule has 0 heterocycles. The summed E-state index contributed by atoms with van der Waals surface area (Å²) >= 11 is 1.62. The average Bonchev–Trinajstić information content (AvgIpc) is 2.17. The SMILES string of the molecule is CCOC(=O)C(N)CSCCCCO. The first kappa shape index (κ1) is 13.7. The maximum atomic E-state index is 11.1. The number of nitrogens with two attached hydrogens (primary N) is 1. The van der Waals surface area contributed by atoms with Crippen molar-refractivity contribution in [1.29, 1.82) is 0 Å². The fraction of sp³-hybridized carbons (Fsp3) is 0.889. The van der Waals surface area contributed by atoms with Crippen LogP contribution in [-0.2, 0) is 9.53 Å². The Morgan fingerprint density at radius 1 is 1.57 bits per heavy atom. The Hall–Kier alpha value is -0.260. The van der Waals surface area contributed by atoms with E-state index in [1.54, 1.807) is 18.7 Å². The zero-order chi connectivity index (χ0) is 10.8. The molecule has 0 aromatic carbocycles. The lowest BCUT2D eigenvalue weighted by molar-refractivity contribution is -0.144. The Kier molecular flexibility index (Phi) is 9.13. The van der Waals surface area contributed by atoms with Crippen LogP contribution in [0.5, 0.6) is 0 Å². The number of hydrogen-bond donors (Lipinski definition) is 2. The van der Waals surface area contributed by atoms with Gasteiger partial charge in [-0.25, -0.2) is 0 Å². The van der Waals surface area contributed by atoms with Crippen LogP contribution in [0.2, 0.25) is 0 Å². The zero-order valence-electron chi connectivity index (χ0n) is 8.57. The molecule has 0 saturated heterocycles. The second-order valence-electron chi connectivity index (χ2n) is 2.86. The summed E-state index contributed by atoms with van der Waals surface area (Å²) in [5, 5.41) is 8.52. The summed E-state index contributed by atoms with van der Waals surface area (Å²) in [6.45, 7) is 2.37. The van der Waals surface area contributed by atoms with Crippen molar-refractivity contribution in [3.05, 3.63) is 0 Å². The molecule has 0 aromatic rings. The topological polar surface area (TPSA) is 72.5 Å². The van der Waals surface area contributed by atoms with E-state index < -0.39 is 6.04 Å². The van der Waals surface area contributed by atoms with E-state index in [-0.39, 0.29) is 12.6 Å². The summed E-state index contributed by atoms with van der Waals surface area (Å²) in [7, 11) is 0. The van der Waals surface area contributed by atoms with Gasteiger partial charge >= 0.3 is 5.97 Å². The lowest BCUT2D eigenvalue weighted by Gasteiger charge is -2.09. The number of unbranched alkanes of at least 4 members (excludes halogenated alkanes) is 1. The summed E-state index contributed by atoms with van der Waals surface area (Å²) in [5.41, 5.74) is 5.57. The molecule has 0 aliphatic heterocycles. The van der Waals surface area contributed by atoms with Crippen molar-refractivity contribution in [2.75, 3.05) is 24.7 Å². The van der Waals surface area contributed by atoms with Gasteiger partial charge in [0.1, 0.15) is 6.04 Å². The van der Waals surface area contributed by atoms with Gasteiger partial charge in [-0.05, 0) is 25.5 Å². The molecule has 0 aliphatic rings. The smallest absolute Gasteiger partial charge is 0.323 e. The number of esters is 1. The van der Waals surface area contributed by atoms with Gasteiger partial charge < -0.3 is 15.6 Å². The van der Waals surface area contributed by atoms with Crippen molar-refractivity contribution in [3.8, 4) is 0 Å².